The molecule has 2 fully saturated rings. The molecule has 1 saturated heterocycles. The fourth-order valence-corrected chi connectivity index (χ4v) is 3.73. The number of carbonyl (C=O) groups is 1. The minimum absolute atomic E-state index is 0.0233. The highest BCUT2D eigenvalue weighted by atomic mass is 16.5. The third-order valence-electron chi connectivity index (χ3n) is 5.05. The summed E-state index contributed by atoms with van der Waals surface area (Å²) in [6, 6.07) is 0. The van der Waals surface area contributed by atoms with Crippen LogP contribution in [0.5, 0.6) is 0 Å². The fourth-order valence-electron chi connectivity index (χ4n) is 3.73. The van der Waals surface area contributed by atoms with Crippen LogP contribution >= 0.6 is 0 Å². The second-order valence-electron chi connectivity index (χ2n) is 6.58. The summed E-state index contributed by atoms with van der Waals surface area (Å²) in [5, 5.41) is 11.5. The van der Waals surface area contributed by atoms with Crippen molar-refractivity contribution in [2.45, 2.75) is 44.8 Å². The van der Waals surface area contributed by atoms with Gasteiger partial charge in [0.1, 0.15) is 5.54 Å². The van der Waals surface area contributed by atoms with Crippen molar-refractivity contribution < 1.29 is 19.4 Å². The van der Waals surface area contributed by atoms with Gasteiger partial charge in [-0.25, -0.2) is 0 Å². The number of aliphatic hydroxyl groups is 1. The van der Waals surface area contributed by atoms with E-state index in [1.807, 2.05) is 13.8 Å². The van der Waals surface area contributed by atoms with E-state index in [2.05, 4.69) is 5.32 Å². The van der Waals surface area contributed by atoms with Gasteiger partial charge in [-0.3, -0.25) is 4.79 Å². The number of aliphatic hydroxyl groups excluding tert-OH is 1. The van der Waals surface area contributed by atoms with Gasteiger partial charge in [-0.1, -0.05) is 13.8 Å². The normalized spacial score (nSPS) is 33.9. The summed E-state index contributed by atoms with van der Waals surface area (Å²) >= 11 is 0. The molecule has 1 amide bonds. The molecule has 1 aliphatic heterocycles. The third-order valence-corrected chi connectivity index (χ3v) is 5.05. The van der Waals surface area contributed by atoms with Gasteiger partial charge in [0.15, 0.2) is 0 Å². The predicted molar refractivity (Wildman–Crippen MR) is 78.7 cm³/mol. The summed E-state index contributed by atoms with van der Waals surface area (Å²) in [5.41, 5.74) is 5.30. The smallest absolute Gasteiger partial charge is 0.241 e. The van der Waals surface area contributed by atoms with Crippen LogP contribution < -0.4 is 11.1 Å². The summed E-state index contributed by atoms with van der Waals surface area (Å²) in [7, 11) is 0. The maximum absolute atomic E-state index is 12.5. The standard InChI is InChI=1S/C15H28N2O4/c1-14(2)12-11(5-3-9-21-12)15(14,16)13(19)17-6-4-8-20-10-7-18/h11-12,18H,3-10,16H2,1-2H3,(H,17,19). The van der Waals surface area contributed by atoms with Gasteiger partial charge in [-0.2, -0.15) is 0 Å². The molecule has 0 spiro atoms. The van der Waals surface area contributed by atoms with E-state index < -0.39 is 5.54 Å². The van der Waals surface area contributed by atoms with Crippen molar-refractivity contribution in [3.05, 3.63) is 0 Å². The molecule has 0 aromatic carbocycles. The molecule has 2 aliphatic rings. The molecule has 0 aromatic rings. The van der Waals surface area contributed by atoms with Crippen LogP contribution in [0.3, 0.4) is 0 Å². The average molecular weight is 300 g/mol. The quantitative estimate of drug-likeness (QED) is 0.577. The van der Waals surface area contributed by atoms with Gasteiger partial charge in [0.05, 0.1) is 19.3 Å². The number of hydrogen-bond donors (Lipinski definition) is 3. The molecule has 6 nitrogen and oxygen atoms in total. The average Bonchev–Trinajstić information content (AvgIpc) is 2.49. The number of hydrogen-bond acceptors (Lipinski definition) is 5. The largest absolute Gasteiger partial charge is 0.394 e. The van der Waals surface area contributed by atoms with Gasteiger partial charge in [-0.05, 0) is 19.3 Å². The summed E-state index contributed by atoms with van der Waals surface area (Å²) in [5.74, 6) is 0.0355. The summed E-state index contributed by atoms with van der Waals surface area (Å²) in [6.07, 6.45) is 2.73. The summed E-state index contributed by atoms with van der Waals surface area (Å²) < 4.78 is 11.0. The van der Waals surface area contributed by atoms with Gasteiger partial charge < -0.3 is 25.6 Å². The lowest BCUT2D eigenvalue weighted by molar-refractivity contribution is -0.225. The topological polar surface area (TPSA) is 93.8 Å². The Morgan fingerprint density at radius 1 is 1.48 bits per heavy atom. The van der Waals surface area contributed by atoms with Crippen LogP contribution in [0.2, 0.25) is 0 Å². The number of rotatable bonds is 7. The minimum atomic E-state index is -0.843. The Balaban J connectivity index is 1.83. The Hall–Kier alpha value is -0.690. The van der Waals surface area contributed by atoms with E-state index in [-0.39, 0.29) is 30.0 Å². The van der Waals surface area contributed by atoms with E-state index in [1.54, 1.807) is 0 Å². The molecule has 1 heterocycles. The van der Waals surface area contributed by atoms with Crippen molar-refractivity contribution in [3.63, 3.8) is 0 Å². The molecule has 0 bridgehead atoms. The molecule has 4 N–H and O–H groups in total. The Kier molecular flexibility index (Phi) is 5.24. The molecule has 0 radical (unpaired) electrons. The first kappa shape index (κ1) is 16.7. The van der Waals surface area contributed by atoms with Gasteiger partial charge in [0, 0.05) is 31.1 Å². The molecule has 2 rings (SSSR count). The van der Waals surface area contributed by atoms with Crippen molar-refractivity contribution in [1.82, 2.24) is 5.32 Å². The number of ether oxygens (including phenoxy) is 2. The van der Waals surface area contributed by atoms with Crippen molar-refractivity contribution in [3.8, 4) is 0 Å². The highest BCUT2D eigenvalue weighted by Crippen LogP contribution is 2.57. The van der Waals surface area contributed by atoms with Crippen LogP contribution in [-0.2, 0) is 14.3 Å². The Labute approximate surface area is 126 Å². The van der Waals surface area contributed by atoms with Crippen molar-refractivity contribution in [2.75, 3.05) is 33.0 Å². The van der Waals surface area contributed by atoms with Crippen LogP contribution in [0.15, 0.2) is 0 Å². The highest BCUT2D eigenvalue weighted by molar-refractivity contribution is 5.89. The maximum Gasteiger partial charge on any atom is 0.241 e. The van der Waals surface area contributed by atoms with Crippen LogP contribution in [0.25, 0.3) is 0 Å². The van der Waals surface area contributed by atoms with E-state index in [9.17, 15) is 4.79 Å². The number of carbonyl (C=O) groups excluding carboxylic acids is 1. The van der Waals surface area contributed by atoms with E-state index in [4.69, 9.17) is 20.3 Å². The van der Waals surface area contributed by atoms with Gasteiger partial charge in [0.2, 0.25) is 5.91 Å². The zero-order valence-electron chi connectivity index (χ0n) is 13.1. The summed E-state index contributed by atoms with van der Waals surface area (Å²) in [4.78, 5) is 12.5. The zero-order valence-corrected chi connectivity index (χ0v) is 13.1. The third kappa shape index (κ3) is 2.82. The first-order valence-electron chi connectivity index (χ1n) is 7.83. The molecule has 122 valence electrons. The van der Waals surface area contributed by atoms with Crippen LogP contribution in [0, 0.1) is 11.3 Å². The minimum Gasteiger partial charge on any atom is -0.394 e. The first-order valence-corrected chi connectivity index (χ1v) is 7.83. The maximum atomic E-state index is 12.5. The molecule has 3 unspecified atom stereocenters. The van der Waals surface area contributed by atoms with Gasteiger partial charge in [0.25, 0.3) is 0 Å². The fraction of sp³-hybridized carbons (Fsp3) is 0.933. The van der Waals surface area contributed by atoms with E-state index in [0.717, 1.165) is 19.4 Å². The molecule has 3 atom stereocenters. The number of fused-ring (bicyclic) bond motifs is 1. The van der Waals surface area contributed by atoms with E-state index in [1.165, 1.54) is 0 Å². The highest BCUT2D eigenvalue weighted by Gasteiger charge is 2.70. The lowest BCUT2D eigenvalue weighted by Gasteiger charge is -2.65. The molecule has 1 saturated carbocycles. The molecule has 6 heteroatoms. The molecule has 0 aromatic heterocycles. The molecular weight excluding hydrogens is 272 g/mol. The zero-order chi connectivity index (χ0) is 15.5. The molecule has 1 aliphatic carbocycles. The molecule has 21 heavy (non-hydrogen) atoms. The van der Waals surface area contributed by atoms with Gasteiger partial charge >= 0.3 is 0 Å². The Morgan fingerprint density at radius 3 is 2.95 bits per heavy atom. The van der Waals surface area contributed by atoms with Crippen molar-refractivity contribution in [2.24, 2.45) is 17.1 Å². The molecular formula is C15H28N2O4. The number of nitrogens with one attached hydrogen (secondary N) is 1. The second-order valence-corrected chi connectivity index (χ2v) is 6.58. The van der Waals surface area contributed by atoms with Crippen LogP contribution in [0.1, 0.15) is 33.1 Å². The lowest BCUT2D eigenvalue weighted by atomic mass is 9.46. The van der Waals surface area contributed by atoms with Crippen LogP contribution in [-0.4, -0.2) is 55.6 Å². The summed E-state index contributed by atoms with van der Waals surface area (Å²) in [6.45, 7) is 6.23. The van der Waals surface area contributed by atoms with E-state index in [0.29, 0.717) is 26.2 Å². The van der Waals surface area contributed by atoms with Gasteiger partial charge in [-0.15, -0.1) is 0 Å². The lowest BCUT2D eigenvalue weighted by Crippen LogP contribution is -2.82. The van der Waals surface area contributed by atoms with Crippen molar-refractivity contribution >= 4 is 5.91 Å². The van der Waals surface area contributed by atoms with Crippen molar-refractivity contribution in [1.29, 1.82) is 0 Å². The first-order chi connectivity index (χ1) is 9.96. The van der Waals surface area contributed by atoms with Crippen LogP contribution in [0.4, 0.5) is 0 Å². The monoisotopic (exact) mass is 300 g/mol. The number of amides is 1. The SMILES string of the molecule is CC1(C)C2OCCCC2C1(N)C(=O)NCCCOCCO. The predicted octanol–water partition coefficient (Wildman–Crippen LogP) is 0.0341. The van der Waals surface area contributed by atoms with E-state index >= 15 is 0 Å². The Morgan fingerprint density at radius 2 is 2.24 bits per heavy atom. The second kappa shape index (κ2) is 6.60. The number of nitrogens with two attached hydrogens (primary N) is 1. The Bertz CT molecular complexity index is 375.